The molecule has 3 amide bonds. The summed E-state index contributed by atoms with van der Waals surface area (Å²) in [6, 6.07) is 7.05. The lowest BCUT2D eigenvalue weighted by molar-refractivity contribution is -0.122. The van der Waals surface area contributed by atoms with Crippen molar-refractivity contribution in [3.63, 3.8) is 0 Å². The van der Waals surface area contributed by atoms with Crippen molar-refractivity contribution >= 4 is 29.3 Å². The van der Waals surface area contributed by atoms with E-state index >= 15 is 0 Å². The van der Waals surface area contributed by atoms with Gasteiger partial charge < -0.3 is 4.74 Å². The highest BCUT2D eigenvalue weighted by Gasteiger charge is 2.48. The van der Waals surface area contributed by atoms with Gasteiger partial charge in [-0.3, -0.25) is 14.5 Å². The predicted molar refractivity (Wildman–Crippen MR) is 96.8 cm³/mol. The third-order valence-electron chi connectivity index (χ3n) is 4.97. The van der Waals surface area contributed by atoms with Crippen LogP contribution in [0.5, 0.6) is 0 Å². The molecule has 0 bridgehead atoms. The van der Waals surface area contributed by atoms with Crippen LogP contribution in [-0.4, -0.2) is 30.2 Å². The van der Waals surface area contributed by atoms with E-state index in [1.54, 1.807) is 38.1 Å². The summed E-state index contributed by atoms with van der Waals surface area (Å²) in [5.41, 5.74) is 4.27. The summed E-state index contributed by atoms with van der Waals surface area (Å²) in [5.74, 6) is -0.482. The van der Waals surface area contributed by atoms with E-state index in [1.807, 2.05) is 0 Å². The molecule has 1 aromatic rings. The number of rotatable bonds is 4. The van der Waals surface area contributed by atoms with Gasteiger partial charge in [-0.1, -0.05) is 25.0 Å². The average molecular weight is 357 g/mol. The Morgan fingerprint density at radius 2 is 1.73 bits per heavy atom. The molecule has 1 N–H and O–H groups in total. The van der Waals surface area contributed by atoms with Crippen molar-refractivity contribution < 1.29 is 19.1 Å². The molecule has 7 heteroatoms. The smallest absolute Gasteiger partial charge is 0.427 e. The maximum atomic E-state index is 12.6. The molecule has 3 rings (SSSR count). The largest absolute Gasteiger partial charge is 0.449 e. The number of anilines is 1. The molecule has 1 aromatic carbocycles. The van der Waals surface area contributed by atoms with Crippen LogP contribution in [0.4, 0.5) is 10.5 Å². The molecule has 0 spiro atoms. The maximum Gasteiger partial charge on any atom is 0.427 e. The first-order valence-electron chi connectivity index (χ1n) is 8.98. The van der Waals surface area contributed by atoms with E-state index in [9.17, 15) is 14.4 Å². The second-order valence-electron chi connectivity index (χ2n) is 6.59. The molecule has 0 radical (unpaired) electrons. The second kappa shape index (κ2) is 7.68. The molecule has 2 fully saturated rings. The zero-order chi connectivity index (χ0) is 18.7. The van der Waals surface area contributed by atoms with Crippen molar-refractivity contribution in [2.45, 2.75) is 39.5 Å². The van der Waals surface area contributed by atoms with Gasteiger partial charge in [0.2, 0.25) is 11.8 Å². The Labute approximate surface area is 152 Å². The molecular formula is C19H23N3O4. The Kier molecular flexibility index (Phi) is 5.35. The van der Waals surface area contributed by atoms with E-state index in [0.717, 1.165) is 31.2 Å². The van der Waals surface area contributed by atoms with E-state index in [4.69, 9.17) is 4.74 Å². The Balaban J connectivity index is 1.73. The molecule has 0 unspecified atom stereocenters. The van der Waals surface area contributed by atoms with Crippen LogP contribution in [0.25, 0.3) is 0 Å². The molecule has 2 aliphatic rings. The first-order valence-corrected chi connectivity index (χ1v) is 8.98. The van der Waals surface area contributed by atoms with Gasteiger partial charge in [0.25, 0.3) is 0 Å². The molecule has 7 nitrogen and oxygen atoms in total. The molecule has 1 saturated carbocycles. The first-order chi connectivity index (χ1) is 12.5. The van der Waals surface area contributed by atoms with Crippen molar-refractivity contribution in [1.82, 2.24) is 5.43 Å². The number of nitrogens with zero attached hydrogens (tertiary/aromatic N) is 2. The number of benzene rings is 1. The Hall–Kier alpha value is -2.70. The third-order valence-corrected chi connectivity index (χ3v) is 4.97. The number of imide groups is 1. The van der Waals surface area contributed by atoms with E-state index in [-0.39, 0.29) is 30.3 Å². The van der Waals surface area contributed by atoms with Gasteiger partial charge in [-0.2, -0.15) is 5.10 Å². The number of hydrogen-bond donors (Lipinski definition) is 1. The molecule has 1 heterocycles. The monoisotopic (exact) mass is 357 g/mol. The van der Waals surface area contributed by atoms with Gasteiger partial charge in [-0.05, 0) is 44.4 Å². The summed E-state index contributed by atoms with van der Waals surface area (Å²) in [7, 11) is 0. The van der Waals surface area contributed by atoms with Crippen molar-refractivity contribution in [3.8, 4) is 0 Å². The van der Waals surface area contributed by atoms with Crippen LogP contribution in [0, 0.1) is 11.8 Å². The Morgan fingerprint density at radius 1 is 1.15 bits per heavy atom. The van der Waals surface area contributed by atoms with Crippen LogP contribution in [0.15, 0.2) is 29.4 Å². The van der Waals surface area contributed by atoms with E-state index < -0.39 is 6.09 Å². The van der Waals surface area contributed by atoms with Crippen LogP contribution in [0.2, 0.25) is 0 Å². The highest BCUT2D eigenvalue weighted by atomic mass is 16.5. The van der Waals surface area contributed by atoms with Crippen LogP contribution in [0.3, 0.4) is 0 Å². The fourth-order valence-electron chi connectivity index (χ4n) is 3.63. The number of hydrazone groups is 1. The van der Waals surface area contributed by atoms with Gasteiger partial charge >= 0.3 is 6.09 Å². The van der Waals surface area contributed by atoms with Crippen molar-refractivity contribution in [3.05, 3.63) is 29.8 Å². The van der Waals surface area contributed by atoms with Gasteiger partial charge in [-0.25, -0.2) is 10.2 Å². The minimum Gasteiger partial charge on any atom is -0.449 e. The summed E-state index contributed by atoms with van der Waals surface area (Å²) in [4.78, 5) is 37.9. The number of carbonyl (C=O) groups is 3. The second-order valence-corrected chi connectivity index (χ2v) is 6.59. The van der Waals surface area contributed by atoms with Crippen LogP contribution >= 0.6 is 0 Å². The van der Waals surface area contributed by atoms with E-state index in [1.165, 1.54) is 4.90 Å². The van der Waals surface area contributed by atoms with Crippen LogP contribution in [-0.2, 0) is 14.3 Å². The molecule has 1 aliphatic heterocycles. The lowest BCUT2D eigenvalue weighted by Gasteiger charge is -2.19. The third kappa shape index (κ3) is 3.47. The maximum absolute atomic E-state index is 12.6. The molecular weight excluding hydrogens is 334 g/mol. The highest BCUT2D eigenvalue weighted by Crippen LogP contribution is 2.40. The molecule has 2 atom stereocenters. The number of hydrogen-bond acceptors (Lipinski definition) is 5. The van der Waals surface area contributed by atoms with Crippen molar-refractivity contribution in [2.75, 3.05) is 11.5 Å². The lowest BCUT2D eigenvalue weighted by Crippen LogP contribution is -2.30. The number of nitrogens with one attached hydrogen (secondary N) is 1. The number of ether oxygens (including phenoxy) is 1. The summed E-state index contributed by atoms with van der Waals surface area (Å²) < 4.78 is 4.75. The molecule has 1 saturated heterocycles. The van der Waals surface area contributed by atoms with Gasteiger partial charge in [0.05, 0.1) is 29.8 Å². The molecule has 0 aromatic heterocycles. The molecule has 1 aliphatic carbocycles. The quantitative estimate of drug-likeness (QED) is 0.510. The minimum atomic E-state index is -0.612. The number of fused-ring (bicyclic) bond motifs is 1. The van der Waals surface area contributed by atoms with E-state index in [2.05, 4.69) is 10.5 Å². The molecule has 26 heavy (non-hydrogen) atoms. The number of carbonyl (C=O) groups excluding carboxylic acids is 3. The van der Waals surface area contributed by atoms with Gasteiger partial charge in [-0.15, -0.1) is 0 Å². The topological polar surface area (TPSA) is 88.1 Å². The summed E-state index contributed by atoms with van der Waals surface area (Å²) in [6.45, 7) is 3.74. The van der Waals surface area contributed by atoms with Crippen LogP contribution in [0.1, 0.15) is 45.1 Å². The van der Waals surface area contributed by atoms with Crippen LogP contribution < -0.4 is 10.3 Å². The normalized spacial score (nSPS) is 23.0. The fraction of sp³-hybridized carbons (Fsp3) is 0.474. The SMILES string of the molecule is CCOC(=O)N/N=C(\C)c1ccc(N2C(=O)[C@H]3CCCC[C@H]3C2=O)cc1. The lowest BCUT2D eigenvalue weighted by atomic mass is 9.81. The zero-order valence-electron chi connectivity index (χ0n) is 15.0. The fourth-order valence-corrected chi connectivity index (χ4v) is 3.63. The Morgan fingerprint density at radius 3 is 2.27 bits per heavy atom. The summed E-state index contributed by atoms with van der Waals surface area (Å²) in [6.07, 6.45) is 3.01. The zero-order valence-corrected chi connectivity index (χ0v) is 15.0. The van der Waals surface area contributed by atoms with Crippen molar-refractivity contribution in [2.24, 2.45) is 16.9 Å². The first kappa shape index (κ1) is 18.1. The van der Waals surface area contributed by atoms with Gasteiger partial charge in [0, 0.05) is 0 Å². The number of amides is 3. The Bertz CT molecular complexity index is 718. The van der Waals surface area contributed by atoms with Crippen molar-refractivity contribution in [1.29, 1.82) is 0 Å². The summed E-state index contributed by atoms with van der Waals surface area (Å²) >= 11 is 0. The van der Waals surface area contributed by atoms with E-state index in [0.29, 0.717) is 11.4 Å². The van der Waals surface area contributed by atoms with Gasteiger partial charge in [0.15, 0.2) is 0 Å². The van der Waals surface area contributed by atoms with Gasteiger partial charge in [0.1, 0.15) is 0 Å². The predicted octanol–water partition coefficient (Wildman–Crippen LogP) is 2.84. The standard InChI is InChI=1S/C19H23N3O4/c1-3-26-19(25)21-20-12(2)13-8-10-14(11-9-13)22-17(23)15-6-4-5-7-16(15)18(22)24/h8-11,15-16H,3-7H2,1-2H3,(H,21,25)/b20-12+/t15-,16+. The average Bonchev–Trinajstić information content (AvgIpc) is 2.91. The highest BCUT2D eigenvalue weighted by molar-refractivity contribution is 6.22. The summed E-state index contributed by atoms with van der Waals surface area (Å²) in [5, 5.41) is 3.97. The minimum absolute atomic E-state index is 0.0817. The molecule has 138 valence electrons.